The fourth-order valence-electron chi connectivity index (χ4n) is 2.57. The highest BCUT2D eigenvalue weighted by atomic mass is 32.2. The van der Waals surface area contributed by atoms with E-state index in [1.54, 1.807) is 0 Å². The van der Waals surface area contributed by atoms with Crippen molar-refractivity contribution in [2.45, 2.75) is 6.42 Å². The van der Waals surface area contributed by atoms with Gasteiger partial charge in [0.25, 0.3) is 0 Å². The third kappa shape index (κ3) is 5.63. The Kier molecular flexibility index (Phi) is 5.98. The molecule has 0 spiro atoms. The molecule has 1 aliphatic rings. The zero-order valence-corrected chi connectivity index (χ0v) is 14.2. The molecule has 6 nitrogen and oxygen atoms in total. The van der Waals surface area contributed by atoms with Gasteiger partial charge in [0.2, 0.25) is 0 Å². The molecule has 0 bridgehead atoms. The number of nitrogens with one attached hydrogen (secondary N) is 2. The molecule has 2 N–H and O–H groups in total. The summed E-state index contributed by atoms with van der Waals surface area (Å²) in [6.07, 6.45) is 1.93. The molecule has 1 aromatic rings. The molecule has 1 atom stereocenters. The number of nitrogens with zero attached hydrogens (tertiary/aromatic N) is 1. The Morgan fingerprint density at radius 3 is 2.71 bits per heavy atom. The van der Waals surface area contributed by atoms with E-state index in [-0.39, 0.29) is 18.2 Å². The van der Waals surface area contributed by atoms with Crippen molar-refractivity contribution in [2.75, 3.05) is 43.1 Å². The number of carbonyl (C=O) groups excluding carboxylic acids is 1. The quantitative estimate of drug-likeness (QED) is 0.796. The monoisotopic (exact) mass is 361 g/mol. The maximum atomic E-state index is 13.3. The van der Waals surface area contributed by atoms with Crippen molar-refractivity contribution in [2.24, 2.45) is 5.92 Å². The van der Waals surface area contributed by atoms with Crippen LogP contribution in [0.15, 0.2) is 18.2 Å². The van der Waals surface area contributed by atoms with Crippen LogP contribution in [0.4, 0.5) is 19.3 Å². The first-order chi connectivity index (χ1) is 11.2. The van der Waals surface area contributed by atoms with Crippen LogP contribution in [0.2, 0.25) is 0 Å². The predicted molar refractivity (Wildman–Crippen MR) is 87.8 cm³/mol. The zero-order valence-electron chi connectivity index (χ0n) is 13.4. The summed E-state index contributed by atoms with van der Waals surface area (Å²) < 4.78 is 48.2. The van der Waals surface area contributed by atoms with Crippen molar-refractivity contribution in [1.29, 1.82) is 0 Å². The van der Waals surface area contributed by atoms with Crippen molar-refractivity contribution < 1.29 is 22.0 Å². The first-order valence-electron chi connectivity index (χ1n) is 7.64. The molecule has 1 saturated heterocycles. The predicted octanol–water partition coefficient (Wildman–Crippen LogP) is 1.13. The van der Waals surface area contributed by atoms with Crippen LogP contribution in [0.1, 0.15) is 6.42 Å². The number of carbonyl (C=O) groups is 1. The lowest BCUT2D eigenvalue weighted by Gasteiger charge is -2.19. The lowest BCUT2D eigenvalue weighted by molar-refractivity contribution is 0.240. The normalized spacial score (nSPS) is 17.8. The first-order valence-corrected chi connectivity index (χ1v) is 9.70. The van der Waals surface area contributed by atoms with Gasteiger partial charge in [-0.1, -0.05) is 0 Å². The Bertz CT molecular complexity index is 697. The number of sulfone groups is 1. The molecule has 0 saturated carbocycles. The van der Waals surface area contributed by atoms with E-state index in [0.29, 0.717) is 25.3 Å². The van der Waals surface area contributed by atoms with E-state index in [1.807, 2.05) is 4.90 Å². The van der Waals surface area contributed by atoms with Gasteiger partial charge in [0.1, 0.15) is 9.84 Å². The number of hydrogen-bond acceptors (Lipinski definition) is 4. The Morgan fingerprint density at radius 1 is 1.29 bits per heavy atom. The Morgan fingerprint density at radius 2 is 2.04 bits per heavy atom. The molecule has 1 fully saturated rings. The van der Waals surface area contributed by atoms with Gasteiger partial charge in [0.15, 0.2) is 11.6 Å². The Balaban J connectivity index is 1.73. The summed E-state index contributed by atoms with van der Waals surface area (Å²) in [5.74, 6) is -1.66. The largest absolute Gasteiger partial charge is 0.371 e. The second-order valence-electron chi connectivity index (χ2n) is 5.97. The minimum atomic E-state index is -3.10. The van der Waals surface area contributed by atoms with Crippen LogP contribution >= 0.6 is 0 Å². The minimum Gasteiger partial charge on any atom is -0.371 e. The number of benzene rings is 1. The lowest BCUT2D eigenvalue weighted by Crippen LogP contribution is -2.40. The van der Waals surface area contributed by atoms with Crippen LogP contribution in [0.3, 0.4) is 0 Å². The van der Waals surface area contributed by atoms with Crippen molar-refractivity contribution in [3.05, 3.63) is 29.8 Å². The summed E-state index contributed by atoms with van der Waals surface area (Å²) in [6, 6.07) is 3.39. The number of halogens is 2. The van der Waals surface area contributed by atoms with Gasteiger partial charge in [-0.3, -0.25) is 0 Å². The minimum absolute atomic E-state index is 0.0658. The molecule has 0 radical (unpaired) electrons. The van der Waals surface area contributed by atoms with Gasteiger partial charge in [-0.15, -0.1) is 0 Å². The Hall–Kier alpha value is -1.90. The van der Waals surface area contributed by atoms with Crippen molar-refractivity contribution >= 4 is 21.6 Å². The smallest absolute Gasteiger partial charge is 0.314 e. The van der Waals surface area contributed by atoms with Gasteiger partial charge in [0, 0.05) is 44.2 Å². The van der Waals surface area contributed by atoms with E-state index < -0.39 is 27.5 Å². The summed E-state index contributed by atoms with van der Waals surface area (Å²) >= 11 is 0. The first kappa shape index (κ1) is 18.4. The molecular weight excluding hydrogens is 340 g/mol. The number of amides is 2. The van der Waals surface area contributed by atoms with Crippen molar-refractivity contribution in [3.8, 4) is 0 Å². The van der Waals surface area contributed by atoms with E-state index in [4.69, 9.17) is 0 Å². The number of anilines is 1. The van der Waals surface area contributed by atoms with Gasteiger partial charge >= 0.3 is 6.03 Å². The Labute approximate surface area is 140 Å². The van der Waals surface area contributed by atoms with Crippen molar-refractivity contribution in [1.82, 2.24) is 10.6 Å². The van der Waals surface area contributed by atoms with Crippen molar-refractivity contribution in [3.63, 3.8) is 0 Å². The van der Waals surface area contributed by atoms with Crippen LogP contribution < -0.4 is 15.5 Å². The van der Waals surface area contributed by atoms with E-state index >= 15 is 0 Å². The van der Waals surface area contributed by atoms with E-state index in [9.17, 15) is 22.0 Å². The van der Waals surface area contributed by atoms with Gasteiger partial charge in [-0.2, -0.15) is 0 Å². The van der Waals surface area contributed by atoms with E-state index in [2.05, 4.69) is 10.6 Å². The fourth-order valence-corrected chi connectivity index (χ4v) is 3.04. The van der Waals surface area contributed by atoms with Crippen LogP contribution in [-0.4, -0.2) is 52.6 Å². The summed E-state index contributed by atoms with van der Waals surface area (Å²) in [5, 5.41) is 5.18. The fraction of sp³-hybridized carbons (Fsp3) is 0.533. The van der Waals surface area contributed by atoms with Crippen LogP contribution in [0.25, 0.3) is 0 Å². The topological polar surface area (TPSA) is 78.5 Å². The van der Waals surface area contributed by atoms with Gasteiger partial charge < -0.3 is 15.5 Å². The second-order valence-corrected chi connectivity index (χ2v) is 8.23. The molecule has 134 valence electrons. The third-order valence-electron chi connectivity index (χ3n) is 3.86. The highest BCUT2D eigenvalue weighted by Crippen LogP contribution is 2.24. The third-order valence-corrected chi connectivity index (χ3v) is 4.81. The summed E-state index contributed by atoms with van der Waals surface area (Å²) in [7, 11) is -3.10. The summed E-state index contributed by atoms with van der Waals surface area (Å²) in [4.78, 5) is 13.5. The molecule has 0 aromatic heterocycles. The standard InChI is InChI=1S/C15H21F2N3O3S/c1-24(22,23)7-5-18-15(21)19-9-11-4-6-20(10-11)12-2-3-13(16)14(17)8-12/h2-3,8,11H,4-7,9-10H2,1H3,(H2,18,19,21)/t11-/m1/s1. The highest BCUT2D eigenvalue weighted by molar-refractivity contribution is 7.90. The molecule has 0 unspecified atom stereocenters. The molecule has 1 heterocycles. The molecule has 9 heteroatoms. The maximum Gasteiger partial charge on any atom is 0.314 e. The van der Waals surface area contributed by atoms with Gasteiger partial charge in [-0.05, 0) is 24.5 Å². The SMILES string of the molecule is CS(=O)(=O)CCNC(=O)NC[C@H]1CCN(c2ccc(F)c(F)c2)C1. The number of hydrogen-bond donors (Lipinski definition) is 2. The van der Waals surface area contributed by atoms with Gasteiger partial charge in [0.05, 0.1) is 5.75 Å². The highest BCUT2D eigenvalue weighted by Gasteiger charge is 2.23. The average Bonchev–Trinajstić information content (AvgIpc) is 2.95. The van der Waals surface area contributed by atoms with Crippen LogP contribution in [-0.2, 0) is 9.84 Å². The number of rotatable bonds is 6. The lowest BCUT2D eigenvalue weighted by atomic mass is 10.1. The van der Waals surface area contributed by atoms with E-state index in [0.717, 1.165) is 18.7 Å². The molecular formula is C15H21F2N3O3S. The maximum absolute atomic E-state index is 13.3. The molecule has 1 aliphatic heterocycles. The van der Waals surface area contributed by atoms with E-state index in [1.165, 1.54) is 12.1 Å². The molecule has 24 heavy (non-hydrogen) atoms. The van der Waals surface area contributed by atoms with Gasteiger partial charge in [-0.25, -0.2) is 22.0 Å². The zero-order chi connectivity index (χ0) is 17.7. The molecule has 1 aromatic carbocycles. The molecule has 0 aliphatic carbocycles. The number of urea groups is 1. The molecule has 2 rings (SSSR count). The van der Waals surface area contributed by atoms with Crippen LogP contribution in [0.5, 0.6) is 0 Å². The summed E-state index contributed by atoms with van der Waals surface area (Å²) in [5.41, 5.74) is 0.619. The summed E-state index contributed by atoms with van der Waals surface area (Å²) in [6.45, 7) is 1.84. The van der Waals surface area contributed by atoms with Crippen LogP contribution in [0, 0.1) is 17.6 Å². The molecule has 2 amide bonds. The average molecular weight is 361 g/mol. The second kappa shape index (κ2) is 7.78.